The van der Waals surface area contributed by atoms with E-state index in [1.807, 2.05) is 49.1 Å². The van der Waals surface area contributed by atoms with Gasteiger partial charge in [0.1, 0.15) is 10.7 Å². The van der Waals surface area contributed by atoms with Gasteiger partial charge in [-0.05, 0) is 38.1 Å². The van der Waals surface area contributed by atoms with Crippen molar-refractivity contribution >= 4 is 21.6 Å². The Kier molecular flexibility index (Phi) is 6.66. The van der Waals surface area contributed by atoms with Crippen molar-refractivity contribution in [3.63, 3.8) is 0 Å². The molecule has 0 saturated carbocycles. The van der Waals surface area contributed by atoms with Crippen molar-refractivity contribution in [1.82, 2.24) is 9.21 Å². The zero-order chi connectivity index (χ0) is 21.0. The maximum atomic E-state index is 14.0. The average molecular weight is 420 g/mol. The molecule has 0 spiro atoms. The standard InChI is InChI=1S/C21H26FN3O3S/c1-3-25(18-9-5-4-6-10-18)21(26)17(2)23-13-15-24(16-14-23)29(27,28)20-12-8-7-11-19(20)22/h4-12,17H,3,13-16H2,1-2H3/t17-/m0/s1. The molecule has 0 N–H and O–H groups in total. The molecule has 0 bridgehead atoms. The van der Waals surface area contributed by atoms with Crippen molar-refractivity contribution in [2.45, 2.75) is 24.8 Å². The van der Waals surface area contributed by atoms with Crippen molar-refractivity contribution in [2.75, 3.05) is 37.6 Å². The summed E-state index contributed by atoms with van der Waals surface area (Å²) in [6.07, 6.45) is 0. The highest BCUT2D eigenvalue weighted by Gasteiger charge is 2.34. The van der Waals surface area contributed by atoms with Crippen LogP contribution in [-0.2, 0) is 14.8 Å². The number of nitrogens with zero attached hydrogens (tertiary/aromatic N) is 3. The molecule has 1 aliphatic heterocycles. The van der Waals surface area contributed by atoms with Gasteiger partial charge in [0.2, 0.25) is 15.9 Å². The van der Waals surface area contributed by atoms with Crippen LogP contribution in [0.15, 0.2) is 59.5 Å². The Morgan fingerprint density at radius 2 is 1.62 bits per heavy atom. The van der Waals surface area contributed by atoms with Gasteiger partial charge in [0, 0.05) is 38.4 Å². The highest BCUT2D eigenvalue weighted by Crippen LogP contribution is 2.22. The summed E-state index contributed by atoms with van der Waals surface area (Å²) in [6.45, 7) is 5.57. The van der Waals surface area contributed by atoms with Crippen LogP contribution in [0.25, 0.3) is 0 Å². The molecule has 1 heterocycles. The number of hydrogen-bond acceptors (Lipinski definition) is 4. The molecule has 1 atom stereocenters. The molecule has 1 amide bonds. The first-order valence-corrected chi connectivity index (χ1v) is 11.2. The predicted molar refractivity (Wildman–Crippen MR) is 111 cm³/mol. The Hall–Kier alpha value is -2.29. The van der Waals surface area contributed by atoms with Gasteiger partial charge in [-0.1, -0.05) is 30.3 Å². The van der Waals surface area contributed by atoms with Crippen LogP contribution in [-0.4, -0.2) is 62.3 Å². The summed E-state index contributed by atoms with van der Waals surface area (Å²) < 4.78 is 40.8. The van der Waals surface area contributed by atoms with E-state index in [2.05, 4.69) is 0 Å². The molecule has 3 rings (SSSR count). The third-order valence-electron chi connectivity index (χ3n) is 5.28. The zero-order valence-corrected chi connectivity index (χ0v) is 17.5. The maximum absolute atomic E-state index is 14.0. The molecule has 1 aliphatic rings. The highest BCUT2D eigenvalue weighted by atomic mass is 32.2. The molecule has 0 radical (unpaired) electrons. The van der Waals surface area contributed by atoms with E-state index < -0.39 is 15.8 Å². The summed E-state index contributed by atoms with van der Waals surface area (Å²) in [5.41, 5.74) is 0.840. The lowest BCUT2D eigenvalue weighted by atomic mass is 10.2. The Morgan fingerprint density at radius 3 is 2.21 bits per heavy atom. The van der Waals surface area contributed by atoms with Crippen LogP contribution in [0, 0.1) is 5.82 Å². The lowest BCUT2D eigenvalue weighted by molar-refractivity contribution is -0.123. The second-order valence-corrected chi connectivity index (χ2v) is 8.87. The molecule has 156 valence electrons. The van der Waals surface area contributed by atoms with Crippen molar-refractivity contribution < 1.29 is 17.6 Å². The minimum absolute atomic E-state index is 0.0240. The second kappa shape index (κ2) is 9.02. The Labute approximate surface area is 171 Å². The van der Waals surface area contributed by atoms with Crippen LogP contribution in [0.2, 0.25) is 0 Å². The van der Waals surface area contributed by atoms with Crippen molar-refractivity contribution in [3.8, 4) is 0 Å². The number of anilines is 1. The molecule has 2 aromatic rings. The fraction of sp³-hybridized carbons (Fsp3) is 0.381. The number of rotatable bonds is 6. The molecule has 6 nitrogen and oxygen atoms in total. The second-order valence-electron chi connectivity index (χ2n) is 6.96. The molecule has 0 unspecified atom stereocenters. The summed E-state index contributed by atoms with van der Waals surface area (Å²) >= 11 is 0. The normalized spacial score (nSPS) is 17.1. The summed E-state index contributed by atoms with van der Waals surface area (Å²) in [6, 6.07) is 14.5. The smallest absolute Gasteiger partial charge is 0.246 e. The Balaban J connectivity index is 1.67. The van der Waals surface area contributed by atoms with E-state index in [1.54, 1.807) is 4.90 Å². The van der Waals surface area contributed by atoms with E-state index in [1.165, 1.54) is 22.5 Å². The lowest BCUT2D eigenvalue weighted by Crippen LogP contribution is -2.55. The number of benzene rings is 2. The number of sulfonamides is 1. The van der Waals surface area contributed by atoms with Gasteiger partial charge in [-0.3, -0.25) is 9.69 Å². The molecule has 0 aromatic heterocycles. The largest absolute Gasteiger partial charge is 0.311 e. The van der Waals surface area contributed by atoms with Gasteiger partial charge in [0.25, 0.3) is 0 Å². The fourth-order valence-corrected chi connectivity index (χ4v) is 5.07. The van der Waals surface area contributed by atoms with E-state index >= 15 is 0 Å². The lowest BCUT2D eigenvalue weighted by Gasteiger charge is -2.38. The Morgan fingerprint density at radius 1 is 1.03 bits per heavy atom. The van der Waals surface area contributed by atoms with Gasteiger partial charge in [-0.2, -0.15) is 4.31 Å². The summed E-state index contributed by atoms with van der Waals surface area (Å²) in [5, 5.41) is 0. The maximum Gasteiger partial charge on any atom is 0.246 e. The SMILES string of the molecule is CCN(C(=O)[C@H](C)N1CCN(S(=O)(=O)c2ccccc2F)CC1)c1ccccc1. The van der Waals surface area contributed by atoms with E-state index in [9.17, 15) is 17.6 Å². The number of carbonyl (C=O) groups is 1. The number of halogens is 1. The van der Waals surface area contributed by atoms with Crippen LogP contribution >= 0.6 is 0 Å². The number of para-hydroxylation sites is 1. The molecular weight excluding hydrogens is 393 g/mol. The van der Waals surface area contributed by atoms with Gasteiger partial charge < -0.3 is 4.90 Å². The van der Waals surface area contributed by atoms with E-state index in [0.29, 0.717) is 19.6 Å². The molecule has 8 heteroatoms. The van der Waals surface area contributed by atoms with Gasteiger partial charge in [0.05, 0.1) is 6.04 Å². The molecule has 1 fully saturated rings. The van der Waals surface area contributed by atoms with Gasteiger partial charge in [-0.15, -0.1) is 0 Å². The average Bonchev–Trinajstić information content (AvgIpc) is 2.74. The van der Waals surface area contributed by atoms with Gasteiger partial charge in [0.15, 0.2) is 0 Å². The topological polar surface area (TPSA) is 60.9 Å². The minimum atomic E-state index is -3.89. The number of piperazine rings is 1. The predicted octanol–water partition coefficient (Wildman–Crippen LogP) is 2.57. The number of carbonyl (C=O) groups excluding carboxylic acids is 1. The van der Waals surface area contributed by atoms with E-state index in [4.69, 9.17) is 0 Å². The van der Waals surface area contributed by atoms with Crippen LogP contribution < -0.4 is 4.90 Å². The molecular formula is C21H26FN3O3S. The number of amides is 1. The highest BCUT2D eigenvalue weighted by molar-refractivity contribution is 7.89. The summed E-state index contributed by atoms with van der Waals surface area (Å²) in [5.74, 6) is -0.774. The van der Waals surface area contributed by atoms with Crippen LogP contribution in [0.1, 0.15) is 13.8 Å². The quantitative estimate of drug-likeness (QED) is 0.722. The van der Waals surface area contributed by atoms with Crippen LogP contribution in [0.3, 0.4) is 0 Å². The molecule has 29 heavy (non-hydrogen) atoms. The van der Waals surface area contributed by atoms with Gasteiger partial charge in [-0.25, -0.2) is 12.8 Å². The summed E-state index contributed by atoms with van der Waals surface area (Å²) in [7, 11) is -3.89. The van der Waals surface area contributed by atoms with E-state index in [0.717, 1.165) is 11.8 Å². The molecule has 0 aliphatic carbocycles. The monoisotopic (exact) mass is 419 g/mol. The Bertz CT molecular complexity index is 945. The van der Waals surface area contributed by atoms with Crippen LogP contribution in [0.5, 0.6) is 0 Å². The molecule has 1 saturated heterocycles. The van der Waals surface area contributed by atoms with Gasteiger partial charge >= 0.3 is 0 Å². The first-order chi connectivity index (χ1) is 13.9. The van der Waals surface area contributed by atoms with Crippen LogP contribution in [0.4, 0.5) is 10.1 Å². The first-order valence-electron chi connectivity index (χ1n) is 9.71. The minimum Gasteiger partial charge on any atom is -0.311 e. The van der Waals surface area contributed by atoms with Crippen molar-refractivity contribution in [3.05, 3.63) is 60.4 Å². The van der Waals surface area contributed by atoms with E-state index in [-0.39, 0.29) is 29.9 Å². The summed E-state index contributed by atoms with van der Waals surface area (Å²) in [4.78, 5) is 16.4. The van der Waals surface area contributed by atoms with Crippen molar-refractivity contribution in [2.24, 2.45) is 0 Å². The number of likely N-dealkylation sites (N-methyl/N-ethyl adjacent to an activating group) is 1. The molecule has 2 aromatic carbocycles. The third-order valence-corrected chi connectivity index (χ3v) is 7.21. The third kappa shape index (κ3) is 4.49. The fourth-order valence-electron chi connectivity index (χ4n) is 3.58. The zero-order valence-electron chi connectivity index (χ0n) is 16.7. The van der Waals surface area contributed by atoms with Crippen molar-refractivity contribution in [1.29, 1.82) is 0 Å². The first kappa shape index (κ1) is 21.4. The number of hydrogen-bond donors (Lipinski definition) is 0.